The largest absolute Gasteiger partial charge is 0.462 e. The van der Waals surface area contributed by atoms with Gasteiger partial charge >= 0.3 is 5.97 Å². The number of quaternary nitrogens is 1. The van der Waals surface area contributed by atoms with Crippen molar-refractivity contribution in [3.63, 3.8) is 0 Å². The number of carbonyl (C=O) groups is 1. The van der Waals surface area contributed by atoms with Crippen LogP contribution in [0.25, 0.3) is 10.2 Å². The monoisotopic (exact) mass is 378 g/mol. The summed E-state index contributed by atoms with van der Waals surface area (Å²) in [4.78, 5) is 35.1. The van der Waals surface area contributed by atoms with Gasteiger partial charge in [-0.2, -0.15) is 0 Å². The topological polar surface area (TPSA) is 76.5 Å². The molecule has 26 heavy (non-hydrogen) atoms. The van der Waals surface area contributed by atoms with Crippen molar-refractivity contribution < 1.29 is 14.4 Å². The molecule has 1 saturated heterocycles. The van der Waals surface area contributed by atoms with Crippen LogP contribution >= 0.6 is 11.3 Å². The van der Waals surface area contributed by atoms with Crippen molar-refractivity contribution >= 4 is 27.5 Å². The molecular weight excluding hydrogens is 350 g/mol. The fourth-order valence-electron chi connectivity index (χ4n) is 3.74. The van der Waals surface area contributed by atoms with Crippen molar-refractivity contribution in [2.75, 3.05) is 19.7 Å². The number of carbonyl (C=O) groups excluding carboxylic acids is 1. The first kappa shape index (κ1) is 19.0. The van der Waals surface area contributed by atoms with E-state index >= 15 is 0 Å². The van der Waals surface area contributed by atoms with Crippen LogP contribution in [0.2, 0.25) is 0 Å². The molecule has 1 fully saturated rings. The number of esters is 1. The van der Waals surface area contributed by atoms with Crippen LogP contribution < -0.4 is 10.5 Å². The highest BCUT2D eigenvalue weighted by Gasteiger charge is 2.25. The fraction of sp³-hybridized carbons (Fsp3) is 0.632. The standard InChI is InChI=1S/C19H27N3O3S/c1-4-25-19(24)15-12(2)14-17(23)20-16(21-18(14)26-15)13(3)22-10-8-6-5-7-9-11-22/h13H,4-11H2,1-3H3,(H,20,21,23)/p+1/t13-/m1/s1. The number of fused-ring (bicyclic) bond motifs is 1. The molecule has 0 aromatic carbocycles. The van der Waals surface area contributed by atoms with Gasteiger partial charge in [-0.3, -0.25) is 4.79 Å². The number of aromatic amines is 1. The van der Waals surface area contributed by atoms with E-state index in [1.165, 1.54) is 48.3 Å². The number of hydrogen-bond acceptors (Lipinski definition) is 5. The lowest BCUT2D eigenvalue weighted by Gasteiger charge is -2.27. The number of rotatable bonds is 4. The molecule has 3 rings (SSSR count). The minimum atomic E-state index is -0.378. The first-order chi connectivity index (χ1) is 12.5. The van der Waals surface area contributed by atoms with Gasteiger partial charge in [0.25, 0.3) is 5.56 Å². The molecule has 0 amide bonds. The summed E-state index contributed by atoms with van der Waals surface area (Å²) in [5.74, 6) is 0.339. The van der Waals surface area contributed by atoms with E-state index in [1.807, 2.05) is 0 Å². The third-order valence-corrected chi connectivity index (χ3v) is 6.46. The number of likely N-dealkylation sites (tertiary alicyclic amines) is 1. The van der Waals surface area contributed by atoms with Crippen LogP contribution in [0.1, 0.15) is 73.1 Å². The molecule has 6 nitrogen and oxygen atoms in total. The van der Waals surface area contributed by atoms with E-state index < -0.39 is 0 Å². The van der Waals surface area contributed by atoms with E-state index in [1.54, 1.807) is 13.8 Å². The van der Waals surface area contributed by atoms with Crippen LogP contribution in [0.4, 0.5) is 0 Å². The van der Waals surface area contributed by atoms with E-state index in [2.05, 4.69) is 11.9 Å². The van der Waals surface area contributed by atoms with E-state index in [4.69, 9.17) is 9.72 Å². The smallest absolute Gasteiger partial charge is 0.348 e. The van der Waals surface area contributed by atoms with Crippen molar-refractivity contribution in [3.05, 3.63) is 26.6 Å². The summed E-state index contributed by atoms with van der Waals surface area (Å²) in [6.07, 6.45) is 6.33. The summed E-state index contributed by atoms with van der Waals surface area (Å²) in [5, 5.41) is 0.511. The molecule has 142 valence electrons. The second kappa shape index (κ2) is 8.31. The second-order valence-corrected chi connectivity index (χ2v) is 8.05. The van der Waals surface area contributed by atoms with Gasteiger partial charge in [0.15, 0.2) is 5.82 Å². The summed E-state index contributed by atoms with van der Waals surface area (Å²) in [6, 6.07) is 0.138. The molecule has 2 aromatic rings. The van der Waals surface area contributed by atoms with Crippen molar-refractivity contribution in [2.24, 2.45) is 0 Å². The van der Waals surface area contributed by atoms with E-state index in [0.717, 1.165) is 18.9 Å². The Kier molecular flexibility index (Phi) is 6.09. The third-order valence-electron chi connectivity index (χ3n) is 5.30. The van der Waals surface area contributed by atoms with Gasteiger partial charge in [0.05, 0.1) is 25.1 Å². The summed E-state index contributed by atoms with van der Waals surface area (Å²) >= 11 is 1.26. The highest BCUT2D eigenvalue weighted by atomic mass is 32.1. The van der Waals surface area contributed by atoms with E-state index in [9.17, 15) is 9.59 Å². The first-order valence-corrected chi connectivity index (χ1v) is 10.4. The molecule has 2 N–H and O–H groups in total. The van der Waals surface area contributed by atoms with Gasteiger partial charge in [0, 0.05) is 0 Å². The molecular formula is C19H28N3O3S+. The molecule has 0 saturated carbocycles. The van der Waals surface area contributed by atoms with Crippen molar-refractivity contribution in [1.82, 2.24) is 9.97 Å². The van der Waals surface area contributed by atoms with Crippen LogP contribution in [0.3, 0.4) is 0 Å². The highest BCUT2D eigenvalue weighted by Crippen LogP contribution is 2.28. The molecule has 0 radical (unpaired) electrons. The predicted octanol–water partition coefficient (Wildman–Crippen LogP) is 2.38. The molecule has 1 atom stereocenters. The third kappa shape index (κ3) is 3.83. The number of H-pyrrole nitrogens is 1. The lowest BCUT2D eigenvalue weighted by atomic mass is 10.1. The minimum Gasteiger partial charge on any atom is -0.462 e. The van der Waals surface area contributed by atoms with E-state index in [0.29, 0.717) is 27.3 Å². The normalized spacial score (nSPS) is 17.7. The summed E-state index contributed by atoms with van der Waals surface area (Å²) in [6.45, 7) is 8.23. The number of nitrogens with one attached hydrogen (secondary N) is 2. The van der Waals surface area contributed by atoms with Crippen LogP contribution in [0.15, 0.2) is 4.79 Å². The number of hydrogen-bond donors (Lipinski definition) is 2. The van der Waals surface area contributed by atoms with Gasteiger partial charge in [0.1, 0.15) is 15.7 Å². The van der Waals surface area contributed by atoms with Crippen LogP contribution in [-0.4, -0.2) is 35.6 Å². The zero-order valence-corrected chi connectivity index (χ0v) is 16.6. The molecule has 0 spiro atoms. The van der Waals surface area contributed by atoms with Crippen LogP contribution in [0, 0.1) is 6.92 Å². The molecule has 3 heterocycles. The second-order valence-electron chi connectivity index (χ2n) is 7.06. The van der Waals surface area contributed by atoms with Gasteiger partial charge in [-0.1, -0.05) is 6.42 Å². The first-order valence-electron chi connectivity index (χ1n) is 9.58. The maximum absolute atomic E-state index is 12.7. The molecule has 7 heteroatoms. The van der Waals surface area contributed by atoms with Gasteiger partial charge in [-0.25, -0.2) is 9.78 Å². The lowest BCUT2D eigenvalue weighted by molar-refractivity contribution is -0.931. The maximum atomic E-state index is 12.7. The van der Waals surface area contributed by atoms with Crippen molar-refractivity contribution in [2.45, 2.75) is 58.9 Å². The van der Waals surface area contributed by atoms with Gasteiger partial charge < -0.3 is 14.6 Å². The number of nitrogens with zero attached hydrogens (tertiary/aromatic N) is 1. The molecule has 1 aliphatic heterocycles. The van der Waals surface area contributed by atoms with Crippen LogP contribution in [0.5, 0.6) is 0 Å². The Morgan fingerprint density at radius 3 is 2.58 bits per heavy atom. The number of thiophene rings is 1. The maximum Gasteiger partial charge on any atom is 0.348 e. The Morgan fingerprint density at radius 1 is 1.27 bits per heavy atom. The Bertz CT molecular complexity index is 834. The Morgan fingerprint density at radius 2 is 1.92 bits per heavy atom. The predicted molar refractivity (Wildman–Crippen MR) is 103 cm³/mol. The molecule has 2 aromatic heterocycles. The molecule has 1 aliphatic rings. The quantitative estimate of drug-likeness (QED) is 0.801. The Labute approximate surface area is 157 Å². The molecule has 0 unspecified atom stereocenters. The molecule has 0 aliphatic carbocycles. The van der Waals surface area contributed by atoms with Crippen molar-refractivity contribution in [1.29, 1.82) is 0 Å². The van der Waals surface area contributed by atoms with Gasteiger partial charge in [0.2, 0.25) is 0 Å². The fourth-order valence-corrected chi connectivity index (χ4v) is 4.83. The Balaban J connectivity index is 1.94. The van der Waals surface area contributed by atoms with Gasteiger partial charge in [-0.15, -0.1) is 11.3 Å². The van der Waals surface area contributed by atoms with Crippen molar-refractivity contribution in [3.8, 4) is 0 Å². The molecule has 0 bridgehead atoms. The Hall–Kier alpha value is -1.73. The zero-order chi connectivity index (χ0) is 18.7. The average Bonchev–Trinajstić information content (AvgIpc) is 2.91. The van der Waals surface area contributed by atoms with Gasteiger partial charge in [-0.05, 0) is 52.0 Å². The number of aromatic nitrogens is 2. The summed E-state index contributed by atoms with van der Waals surface area (Å²) in [5.41, 5.74) is 0.502. The number of ether oxygens (including phenoxy) is 1. The van der Waals surface area contributed by atoms with E-state index in [-0.39, 0.29) is 17.6 Å². The average molecular weight is 379 g/mol. The number of aryl methyl sites for hydroxylation is 1. The summed E-state index contributed by atoms with van der Waals surface area (Å²) < 4.78 is 5.10. The SMILES string of the molecule is CCOC(=O)c1sc2nc([C@@H](C)[NH+]3CCCCCCC3)[nH]c(=O)c2c1C. The lowest BCUT2D eigenvalue weighted by Crippen LogP contribution is -3.12. The minimum absolute atomic E-state index is 0.138. The van der Waals surface area contributed by atoms with Crippen LogP contribution in [-0.2, 0) is 4.74 Å². The highest BCUT2D eigenvalue weighted by molar-refractivity contribution is 7.20. The summed E-state index contributed by atoms with van der Waals surface area (Å²) in [7, 11) is 0. The zero-order valence-electron chi connectivity index (χ0n) is 15.8.